The van der Waals surface area contributed by atoms with E-state index in [9.17, 15) is 19.2 Å². The fourth-order valence-electron chi connectivity index (χ4n) is 5.04. The molecule has 3 N–H and O–H groups in total. The van der Waals surface area contributed by atoms with E-state index in [1.165, 1.54) is 34.3 Å². The first kappa shape index (κ1) is 31.3. The molecular weight excluding hydrogens is 530 g/mol. The molecule has 0 saturated heterocycles. The Morgan fingerprint density at radius 3 is 2.32 bits per heavy atom. The van der Waals surface area contributed by atoms with Gasteiger partial charge < -0.3 is 34.9 Å². The largest absolute Gasteiger partial charge is 0.493 e. The SMILES string of the molecule is CC[C@H](C)[C@H](Nc1ccc2c(cc1=O)[C@@H](NC(C)=O)CCc1cc(OC)c(OC)c(OC)c1-2)C(=O)NCC(=O)OC. The van der Waals surface area contributed by atoms with Crippen LogP contribution in [0.4, 0.5) is 5.69 Å². The third-order valence-corrected chi connectivity index (χ3v) is 7.36. The number of benzene rings is 1. The Balaban J connectivity index is 2.21. The summed E-state index contributed by atoms with van der Waals surface area (Å²) in [5.74, 6) is -0.0560. The van der Waals surface area contributed by atoms with Gasteiger partial charge in [-0.2, -0.15) is 0 Å². The third kappa shape index (κ3) is 6.90. The third-order valence-electron chi connectivity index (χ3n) is 7.36. The summed E-state index contributed by atoms with van der Waals surface area (Å²) in [6.07, 6.45) is 1.74. The van der Waals surface area contributed by atoms with Crippen LogP contribution in [-0.4, -0.2) is 58.8 Å². The zero-order valence-electron chi connectivity index (χ0n) is 24.6. The van der Waals surface area contributed by atoms with Gasteiger partial charge >= 0.3 is 5.97 Å². The molecule has 0 unspecified atom stereocenters. The van der Waals surface area contributed by atoms with E-state index in [1.807, 2.05) is 19.9 Å². The van der Waals surface area contributed by atoms with E-state index in [-0.39, 0.29) is 29.5 Å². The van der Waals surface area contributed by atoms with Crippen LogP contribution in [0.2, 0.25) is 0 Å². The predicted octanol–water partition coefficient (Wildman–Crippen LogP) is 2.98. The maximum absolute atomic E-state index is 13.6. The normalized spacial score (nSPS) is 15.1. The van der Waals surface area contributed by atoms with Crippen LogP contribution in [0.5, 0.6) is 17.2 Å². The minimum absolute atomic E-state index is 0.167. The molecule has 2 amide bonds. The molecule has 1 aliphatic carbocycles. The Hall–Kier alpha value is -4.28. The molecule has 0 heterocycles. The molecule has 3 rings (SSSR count). The van der Waals surface area contributed by atoms with E-state index in [1.54, 1.807) is 19.2 Å². The van der Waals surface area contributed by atoms with Crippen molar-refractivity contribution in [3.05, 3.63) is 45.6 Å². The van der Waals surface area contributed by atoms with Gasteiger partial charge in [0.15, 0.2) is 11.5 Å². The lowest BCUT2D eigenvalue weighted by Crippen LogP contribution is -2.46. The molecule has 222 valence electrons. The van der Waals surface area contributed by atoms with Gasteiger partial charge in [-0.25, -0.2) is 0 Å². The summed E-state index contributed by atoms with van der Waals surface area (Å²) in [6.45, 7) is 4.96. The molecule has 0 aliphatic heterocycles. The Labute approximate surface area is 239 Å². The number of hydrogen-bond donors (Lipinski definition) is 3. The van der Waals surface area contributed by atoms with E-state index < -0.39 is 24.0 Å². The van der Waals surface area contributed by atoms with E-state index in [4.69, 9.17) is 14.2 Å². The maximum atomic E-state index is 13.6. The average molecular weight is 570 g/mol. The van der Waals surface area contributed by atoms with Crippen LogP contribution in [0.15, 0.2) is 29.1 Å². The Morgan fingerprint density at radius 1 is 1.02 bits per heavy atom. The quantitative estimate of drug-likeness (QED) is 0.348. The van der Waals surface area contributed by atoms with Gasteiger partial charge in [-0.15, -0.1) is 0 Å². The van der Waals surface area contributed by atoms with Crippen LogP contribution in [-0.2, 0) is 25.5 Å². The van der Waals surface area contributed by atoms with Gasteiger partial charge in [0.05, 0.1) is 40.2 Å². The number of nitrogens with one attached hydrogen (secondary N) is 3. The molecule has 1 aliphatic rings. The Kier molecular flexibility index (Phi) is 10.6. The first-order chi connectivity index (χ1) is 19.6. The van der Waals surface area contributed by atoms with Crippen LogP contribution in [0.3, 0.4) is 0 Å². The number of carbonyl (C=O) groups excluding carboxylic acids is 3. The van der Waals surface area contributed by atoms with Crippen molar-refractivity contribution in [2.24, 2.45) is 5.92 Å². The fraction of sp³-hybridized carbons (Fsp3) is 0.467. The van der Waals surface area contributed by atoms with Gasteiger partial charge in [0.1, 0.15) is 12.6 Å². The molecule has 3 atom stereocenters. The number of esters is 1. The van der Waals surface area contributed by atoms with Crippen molar-refractivity contribution in [2.45, 2.75) is 52.1 Å². The summed E-state index contributed by atoms with van der Waals surface area (Å²) in [5, 5.41) is 8.66. The molecule has 11 heteroatoms. The zero-order chi connectivity index (χ0) is 30.3. The maximum Gasteiger partial charge on any atom is 0.325 e. The topological polar surface area (TPSA) is 141 Å². The fourth-order valence-corrected chi connectivity index (χ4v) is 5.04. The number of anilines is 1. The van der Waals surface area contributed by atoms with Crippen LogP contribution in [0, 0.1) is 5.92 Å². The second-order valence-electron chi connectivity index (χ2n) is 9.90. The lowest BCUT2D eigenvalue weighted by Gasteiger charge is -2.23. The number of carbonyl (C=O) groups is 3. The van der Waals surface area contributed by atoms with Crippen molar-refractivity contribution in [3.63, 3.8) is 0 Å². The minimum atomic E-state index is -0.795. The summed E-state index contributed by atoms with van der Waals surface area (Å²) < 4.78 is 21.6. The van der Waals surface area contributed by atoms with E-state index in [0.717, 1.165) is 11.1 Å². The van der Waals surface area contributed by atoms with Crippen molar-refractivity contribution in [2.75, 3.05) is 40.3 Å². The highest BCUT2D eigenvalue weighted by Crippen LogP contribution is 2.50. The molecule has 0 aromatic heterocycles. The van der Waals surface area contributed by atoms with Crippen molar-refractivity contribution >= 4 is 23.5 Å². The van der Waals surface area contributed by atoms with E-state index in [2.05, 4.69) is 20.7 Å². The first-order valence-electron chi connectivity index (χ1n) is 13.5. The highest BCUT2D eigenvalue weighted by Gasteiger charge is 2.30. The number of rotatable bonds is 11. The molecule has 0 radical (unpaired) electrons. The molecule has 0 saturated carbocycles. The number of hydrogen-bond acceptors (Lipinski definition) is 9. The summed E-state index contributed by atoms with van der Waals surface area (Å²) in [6, 6.07) is 5.53. The molecule has 11 nitrogen and oxygen atoms in total. The molecule has 2 aromatic rings. The van der Waals surface area contributed by atoms with Crippen molar-refractivity contribution in [1.29, 1.82) is 0 Å². The van der Waals surface area contributed by atoms with Gasteiger partial charge in [-0.3, -0.25) is 19.2 Å². The van der Waals surface area contributed by atoms with Crippen molar-refractivity contribution < 1.29 is 33.3 Å². The number of aryl methyl sites for hydroxylation is 1. The first-order valence-corrected chi connectivity index (χ1v) is 13.5. The number of methoxy groups -OCH3 is 4. The van der Waals surface area contributed by atoms with Crippen LogP contribution >= 0.6 is 0 Å². The molecule has 2 aromatic carbocycles. The van der Waals surface area contributed by atoms with Crippen LogP contribution in [0.25, 0.3) is 11.1 Å². The van der Waals surface area contributed by atoms with Crippen LogP contribution < -0.4 is 35.6 Å². The standard InChI is InChI=1S/C30H39N3O8/c1-8-16(2)27(30(37)31-15-25(36)39-5)33-22-12-10-19-20(14-23(22)35)21(32-17(3)34)11-9-18-13-24(38-4)28(40-6)29(41-7)26(18)19/h10,12-14,16,21,27H,8-9,11,15H2,1-7H3,(H,31,37)(H,32,34)(H,33,35)/t16-,21-,27-/m0/s1. The van der Waals surface area contributed by atoms with Crippen LogP contribution in [0.1, 0.15) is 50.8 Å². The lowest BCUT2D eigenvalue weighted by atomic mass is 9.95. The van der Waals surface area contributed by atoms with Gasteiger partial charge in [0.2, 0.25) is 23.0 Å². The summed E-state index contributed by atoms with van der Waals surface area (Å²) in [5.41, 5.74) is 2.75. The molecule has 0 spiro atoms. The number of ether oxygens (including phenoxy) is 4. The number of amides is 2. The Morgan fingerprint density at radius 2 is 1.73 bits per heavy atom. The molecule has 0 bridgehead atoms. The average Bonchev–Trinajstić information content (AvgIpc) is 3.20. The van der Waals surface area contributed by atoms with Crippen molar-refractivity contribution in [1.82, 2.24) is 10.6 Å². The smallest absolute Gasteiger partial charge is 0.325 e. The number of fused-ring (bicyclic) bond motifs is 3. The van der Waals surface area contributed by atoms with E-state index in [0.29, 0.717) is 47.6 Å². The summed E-state index contributed by atoms with van der Waals surface area (Å²) >= 11 is 0. The second-order valence-corrected chi connectivity index (χ2v) is 9.90. The minimum Gasteiger partial charge on any atom is -0.493 e. The molecule has 0 fully saturated rings. The lowest BCUT2D eigenvalue weighted by molar-refractivity contribution is -0.141. The van der Waals surface area contributed by atoms with Gasteiger partial charge in [-0.1, -0.05) is 26.3 Å². The second kappa shape index (κ2) is 13.9. The van der Waals surface area contributed by atoms with E-state index >= 15 is 0 Å². The molecular formula is C30H39N3O8. The van der Waals surface area contributed by atoms with Gasteiger partial charge in [0, 0.05) is 12.5 Å². The highest BCUT2D eigenvalue weighted by molar-refractivity contribution is 5.88. The van der Waals surface area contributed by atoms with Gasteiger partial charge in [-0.05, 0) is 53.6 Å². The highest BCUT2D eigenvalue weighted by atomic mass is 16.5. The predicted molar refractivity (Wildman–Crippen MR) is 155 cm³/mol. The molecule has 41 heavy (non-hydrogen) atoms. The Bertz CT molecular complexity index is 1360. The zero-order valence-corrected chi connectivity index (χ0v) is 24.6. The van der Waals surface area contributed by atoms with Crippen molar-refractivity contribution in [3.8, 4) is 28.4 Å². The van der Waals surface area contributed by atoms with Gasteiger partial charge in [0.25, 0.3) is 0 Å². The summed E-state index contributed by atoms with van der Waals surface area (Å²) in [4.78, 5) is 50.5. The summed E-state index contributed by atoms with van der Waals surface area (Å²) in [7, 11) is 5.84. The monoisotopic (exact) mass is 569 g/mol.